The number of methoxy groups -OCH3 is 1. The normalized spacial score (nSPS) is 10.3. The molecule has 1 N–H and O–H groups in total. The monoisotopic (exact) mass is 487 g/mol. The number of nitrogens with one attached hydrogen (secondary N) is 1. The highest BCUT2D eigenvalue weighted by molar-refractivity contribution is 9.10. The summed E-state index contributed by atoms with van der Waals surface area (Å²) in [6.07, 6.45) is 0. The molecule has 9 heteroatoms. The van der Waals surface area contributed by atoms with Crippen molar-refractivity contribution in [3.05, 3.63) is 82.2 Å². The first-order valence-electron chi connectivity index (χ1n) is 9.07. The van der Waals surface area contributed by atoms with Gasteiger partial charge in [0.2, 0.25) is 5.76 Å². The number of hydrogen-bond donors (Lipinski definition) is 1. The van der Waals surface area contributed by atoms with Crippen LogP contribution in [-0.4, -0.2) is 31.6 Å². The highest BCUT2D eigenvalue weighted by Gasteiger charge is 2.17. The average molecular weight is 488 g/mol. The van der Waals surface area contributed by atoms with Crippen molar-refractivity contribution in [1.29, 1.82) is 0 Å². The molecule has 3 rings (SSSR count). The summed E-state index contributed by atoms with van der Waals surface area (Å²) in [4.78, 5) is 36.0. The molecule has 3 aromatic rings. The van der Waals surface area contributed by atoms with E-state index in [0.717, 1.165) is 4.47 Å². The van der Waals surface area contributed by atoms with E-state index >= 15 is 0 Å². The van der Waals surface area contributed by atoms with E-state index in [9.17, 15) is 14.4 Å². The molecule has 0 atom stereocenters. The molecule has 0 spiro atoms. The molecule has 2 aromatic carbocycles. The first-order chi connectivity index (χ1) is 15.0. The topological polar surface area (TPSA) is 104 Å². The van der Waals surface area contributed by atoms with Crippen LogP contribution in [0, 0.1) is 0 Å². The third-order valence-corrected chi connectivity index (χ3v) is 4.52. The lowest BCUT2D eigenvalue weighted by Crippen LogP contribution is -2.21. The first kappa shape index (κ1) is 22.1. The van der Waals surface area contributed by atoms with Gasteiger partial charge in [-0.3, -0.25) is 4.79 Å². The minimum absolute atomic E-state index is 0.00840. The van der Waals surface area contributed by atoms with Gasteiger partial charge in [0.15, 0.2) is 6.61 Å². The van der Waals surface area contributed by atoms with Crippen LogP contribution in [0.15, 0.2) is 69.6 Å². The number of amides is 1. The van der Waals surface area contributed by atoms with Crippen LogP contribution in [0.1, 0.15) is 26.7 Å². The quantitative estimate of drug-likeness (QED) is 0.474. The number of furan rings is 1. The second-order valence-electron chi connectivity index (χ2n) is 6.17. The SMILES string of the molecule is COC(=O)c1ccc(COC(=O)c2ccccc2OCC(=O)Nc2ccc(Br)cc2)o1. The summed E-state index contributed by atoms with van der Waals surface area (Å²) in [7, 11) is 1.24. The molecule has 0 aliphatic rings. The maximum absolute atomic E-state index is 12.5. The van der Waals surface area contributed by atoms with Gasteiger partial charge in [0, 0.05) is 10.2 Å². The molecule has 1 aromatic heterocycles. The van der Waals surface area contributed by atoms with Gasteiger partial charge in [0.1, 0.15) is 23.7 Å². The molecule has 0 unspecified atom stereocenters. The summed E-state index contributed by atoms with van der Waals surface area (Å²) in [5.74, 6) is -1.18. The van der Waals surface area contributed by atoms with Crippen LogP contribution in [0.2, 0.25) is 0 Å². The smallest absolute Gasteiger partial charge is 0.373 e. The Morgan fingerprint density at radius 2 is 1.71 bits per heavy atom. The lowest BCUT2D eigenvalue weighted by Gasteiger charge is -2.11. The van der Waals surface area contributed by atoms with Crippen molar-refractivity contribution in [3.63, 3.8) is 0 Å². The number of para-hydroxylation sites is 1. The Balaban J connectivity index is 1.57. The maximum Gasteiger partial charge on any atom is 0.373 e. The van der Waals surface area contributed by atoms with Gasteiger partial charge in [0.05, 0.1) is 7.11 Å². The van der Waals surface area contributed by atoms with Crippen LogP contribution in [0.5, 0.6) is 5.75 Å². The van der Waals surface area contributed by atoms with Gasteiger partial charge in [0.25, 0.3) is 5.91 Å². The first-order valence-corrected chi connectivity index (χ1v) is 9.87. The summed E-state index contributed by atoms with van der Waals surface area (Å²) in [6.45, 7) is -0.477. The zero-order valence-corrected chi connectivity index (χ0v) is 18.0. The van der Waals surface area contributed by atoms with E-state index in [1.54, 1.807) is 42.5 Å². The van der Waals surface area contributed by atoms with Gasteiger partial charge < -0.3 is 23.9 Å². The van der Waals surface area contributed by atoms with E-state index in [0.29, 0.717) is 5.69 Å². The Morgan fingerprint density at radius 1 is 0.968 bits per heavy atom. The van der Waals surface area contributed by atoms with Crippen molar-refractivity contribution >= 4 is 39.5 Å². The number of halogens is 1. The fraction of sp³-hybridized carbons (Fsp3) is 0.136. The highest BCUT2D eigenvalue weighted by Crippen LogP contribution is 2.20. The van der Waals surface area contributed by atoms with Gasteiger partial charge in [-0.25, -0.2) is 9.59 Å². The Bertz CT molecular complexity index is 1080. The van der Waals surface area contributed by atoms with Crippen LogP contribution in [0.3, 0.4) is 0 Å². The molecule has 1 heterocycles. The molecule has 0 saturated heterocycles. The van der Waals surface area contributed by atoms with Gasteiger partial charge in [-0.2, -0.15) is 0 Å². The largest absolute Gasteiger partial charge is 0.483 e. The molecular formula is C22H18BrNO7. The average Bonchev–Trinajstić information content (AvgIpc) is 3.26. The summed E-state index contributed by atoms with van der Waals surface area (Å²) in [5, 5.41) is 2.70. The van der Waals surface area contributed by atoms with Crippen molar-refractivity contribution in [3.8, 4) is 5.75 Å². The zero-order chi connectivity index (χ0) is 22.2. The minimum Gasteiger partial charge on any atom is -0.483 e. The van der Waals surface area contributed by atoms with Gasteiger partial charge in [-0.15, -0.1) is 0 Å². The Hall–Kier alpha value is -3.59. The summed E-state index contributed by atoms with van der Waals surface area (Å²) in [6, 6.07) is 16.4. The number of ether oxygens (including phenoxy) is 3. The number of rotatable bonds is 8. The lowest BCUT2D eigenvalue weighted by molar-refractivity contribution is -0.118. The minimum atomic E-state index is -0.667. The van der Waals surface area contributed by atoms with Gasteiger partial charge >= 0.3 is 11.9 Å². The molecule has 31 heavy (non-hydrogen) atoms. The molecule has 1 amide bonds. The highest BCUT2D eigenvalue weighted by atomic mass is 79.9. The van der Waals surface area contributed by atoms with E-state index < -0.39 is 11.9 Å². The van der Waals surface area contributed by atoms with Crippen molar-refractivity contribution in [2.24, 2.45) is 0 Å². The predicted octanol–water partition coefficient (Wildman–Crippen LogP) is 4.20. The Labute approximate surface area is 186 Å². The molecular weight excluding hydrogens is 470 g/mol. The molecule has 0 saturated carbocycles. The number of benzene rings is 2. The van der Waals surface area contributed by atoms with Crippen LogP contribution in [0.4, 0.5) is 5.69 Å². The summed E-state index contributed by atoms with van der Waals surface area (Å²) < 4.78 is 21.4. The molecule has 8 nitrogen and oxygen atoms in total. The van der Waals surface area contributed by atoms with Crippen molar-refractivity contribution in [2.75, 3.05) is 19.0 Å². The van der Waals surface area contributed by atoms with Crippen LogP contribution < -0.4 is 10.1 Å². The van der Waals surface area contributed by atoms with E-state index in [1.165, 1.54) is 25.3 Å². The number of anilines is 1. The number of hydrogen-bond acceptors (Lipinski definition) is 7. The van der Waals surface area contributed by atoms with Crippen molar-refractivity contribution < 1.29 is 33.0 Å². The van der Waals surface area contributed by atoms with Gasteiger partial charge in [-0.1, -0.05) is 28.1 Å². The molecule has 0 aliphatic carbocycles. The fourth-order valence-corrected chi connectivity index (χ4v) is 2.78. The van der Waals surface area contributed by atoms with Crippen LogP contribution >= 0.6 is 15.9 Å². The third kappa shape index (κ3) is 6.19. The number of carbonyl (C=O) groups excluding carboxylic acids is 3. The summed E-state index contributed by atoms with van der Waals surface area (Å²) >= 11 is 3.33. The van der Waals surface area contributed by atoms with Crippen LogP contribution in [-0.2, 0) is 20.9 Å². The fourth-order valence-electron chi connectivity index (χ4n) is 2.51. The maximum atomic E-state index is 12.5. The zero-order valence-electron chi connectivity index (χ0n) is 16.4. The predicted molar refractivity (Wildman–Crippen MR) is 114 cm³/mol. The second-order valence-corrected chi connectivity index (χ2v) is 7.09. The molecule has 0 aliphatic heterocycles. The second kappa shape index (κ2) is 10.4. The lowest BCUT2D eigenvalue weighted by atomic mass is 10.2. The third-order valence-electron chi connectivity index (χ3n) is 3.99. The van der Waals surface area contributed by atoms with Crippen molar-refractivity contribution in [2.45, 2.75) is 6.61 Å². The van der Waals surface area contributed by atoms with E-state index in [1.807, 2.05) is 0 Å². The standard InChI is InChI=1S/C22H18BrNO7/c1-28-22(27)19-11-10-16(31-19)12-30-21(26)17-4-2-3-5-18(17)29-13-20(25)24-15-8-6-14(23)7-9-15/h2-11H,12-13H2,1H3,(H,24,25). The molecule has 160 valence electrons. The van der Waals surface area contributed by atoms with E-state index in [-0.39, 0.29) is 42.0 Å². The van der Waals surface area contributed by atoms with Crippen molar-refractivity contribution in [1.82, 2.24) is 0 Å². The number of carbonyl (C=O) groups is 3. The Morgan fingerprint density at radius 3 is 2.45 bits per heavy atom. The molecule has 0 radical (unpaired) electrons. The van der Waals surface area contributed by atoms with Crippen LogP contribution in [0.25, 0.3) is 0 Å². The number of esters is 2. The summed E-state index contributed by atoms with van der Waals surface area (Å²) in [5.41, 5.74) is 0.771. The van der Waals surface area contributed by atoms with E-state index in [4.69, 9.17) is 13.9 Å². The van der Waals surface area contributed by atoms with Gasteiger partial charge in [-0.05, 0) is 48.5 Å². The van der Waals surface area contributed by atoms with E-state index in [2.05, 4.69) is 26.0 Å². The Kier molecular flexibility index (Phi) is 7.45. The molecule has 0 bridgehead atoms. The molecule has 0 fully saturated rings.